The van der Waals surface area contributed by atoms with Gasteiger partial charge in [0.1, 0.15) is 0 Å². The first-order valence-corrected chi connectivity index (χ1v) is 7.49. The smallest absolute Gasteiger partial charge is 0.339 e. The van der Waals surface area contributed by atoms with Gasteiger partial charge in [-0.25, -0.2) is 4.79 Å². The Morgan fingerprint density at radius 2 is 1.08 bits per heavy atom. The normalized spacial score (nSPS) is 27.7. The van der Waals surface area contributed by atoms with E-state index in [1.807, 2.05) is 0 Å². The van der Waals surface area contributed by atoms with Crippen LogP contribution in [0.1, 0.15) is 27.7 Å². The van der Waals surface area contributed by atoms with Crippen molar-refractivity contribution in [2.75, 3.05) is 7.11 Å². The van der Waals surface area contributed by atoms with Gasteiger partial charge in [0.2, 0.25) is 12.4 Å². The molecular weight excluding hydrogens is 356 g/mol. The van der Waals surface area contributed by atoms with E-state index in [2.05, 4.69) is 4.74 Å². The average molecular weight is 376 g/mol. The van der Waals surface area contributed by atoms with Crippen LogP contribution in [-0.4, -0.2) is 67.7 Å². The van der Waals surface area contributed by atoms with Crippen LogP contribution < -0.4 is 0 Å². The summed E-state index contributed by atoms with van der Waals surface area (Å²) in [7, 11) is 1.05. The Morgan fingerprint density at radius 1 is 0.654 bits per heavy atom. The van der Waals surface area contributed by atoms with Gasteiger partial charge in [0.05, 0.1) is 7.11 Å². The lowest BCUT2D eigenvalue weighted by Crippen LogP contribution is -2.64. The molecule has 1 fully saturated rings. The number of ether oxygens (including phenoxy) is 6. The van der Waals surface area contributed by atoms with E-state index >= 15 is 0 Å². The highest BCUT2D eigenvalue weighted by Gasteiger charge is 2.56. The van der Waals surface area contributed by atoms with Crippen molar-refractivity contribution in [1.29, 1.82) is 0 Å². The van der Waals surface area contributed by atoms with Crippen LogP contribution in [0, 0.1) is 0 Å². The third kappa shape index (κ3) is 5.69. The van der Waals surface area contributed by atoms with Crippen LogP contribution in [0.15, 0.2) is 0 Å². The van der Waals surface area contributed by atoms with E-state index < -0.39 is 60.6 Å². The van der Waals surface area contributed by atoms with E-state index in [1.165, 1.54) is 0 Å². The Labute approximate surface area is 148 Å². The quantitative estimate of drug-likeness (QED) is 0.441. The maximum atomic E-state index is 12.0. The van der Waals surface area contributed by atoms with Crippen LogP contribution in [0.5, 0.6) is 0 Å². The fourth-order valence-electron chi connectivity index (χ4n) is 2.34. The second kappa shape index (κ2) is 9.13. The molecule has 1 saturated heterocycles. The van der Waals surface area contributed by atoms with Gasteiger partial charge >= 0.3 is 29.8 Å². The molecule has 5 atom stereocenters. The molecule has 0 aliphatic carbocycles. The molecule has 0 radical (unpaired) electrons. The first kappa shape index (κ1) is 21.4. The number of methoxy groups -OCH3 is 1. The molecule has 26 heavy (non-hydrogen) atoms. The van der Waals surface area contributed by atoms with Gasteiger partial charge in [-0.05, 0) is 0 Å². The summed E-state index contributed by atoms with van der Waals surface area (Å²) in [6.07, 6.45) is -7.66. The number of hydrogen-bond donors (Lipinski definition) is 0. The predicted octanol–water partition coefficient (Wildman–Crippen LogP) is -0.757. The Kier molecular flexibility index (Phi) is 7.50. The van der Waals surface area contributed by atoms with Crippen molar-refractivity contribution in [3.63, 3.8) is 0 Å². The zero-order chi connectivity index (χ0) is 20.0. The van der Waals surface area contributed by atoms with E-state index in [0.29, 0.717) is 0 Å². The van der Waals surface area contributed by atoms with Crippen molar-refractivity contribution >= 4 is 29.8 Å². The lowest BCUT2D eigenvalue weighted by molar-refractivity contribution is -0.294. The van der Waals surface area contributed by atoms with E-state index in [1.54, 1.807) is 0 Å². The molecule has 11 nitrogen and oxygen atoms in total. The Balaban J connectivity index is 3.37. The number of esters is 5. The molecule has 0 N–H and O–H groups in total. The van der Waals surface area contributed by atoms with E-state index in [0.717, 1.165) is 34.8 Å². The molecule has 0 spiro atoms. The van der Waals surface area contributed by atoms with Gasteiger partial charge in [0.15, 0.2) is 18.3 Å². The van der Waals surface area contributed by atoms with Gasteiger partial charge < -0.3 is 28.4 Å². The van der Waals surface area contributed by atoms with Gasteiger partial charge in [0.25, 0.3) is 0 Å². The first-order chi connectivity index (χ1) is 12.1. The number of rotatable bonds is 5. The molecule has 0 amide bonds. The van der Waals surface area contributed by atoms with Crippen molar-refractivity contribution in [1.82, 2.24) is 0 Å². The van der Waals surface area contributed by atoms with Crippen molar-refractivity contribution in [2.24, 2.45) is 0 Å². The minimum atomic E-state index is -1.60. The second-order valence-electron chi connectivity index (χ2n) is 5.28. The fraction of sp³-hybridized carbons (Fsp3) is 0.667. The summed E-state index contributed by atoms with van der Waals surface area (Å²) < 4.78 is 30.0. The minimum Gasteiger partial charge on any atom is -0.467 e. The number of carbonyl (C=O) groups excluding carboxylic acids is 5. The van der Waals surface area contributed by atoms with Crippen LogP contribution >= 0.6 is 0 Å². The predicted molar refractivity (Wildman–Crippen MR) is 79.1 cm³/mol. The maximum absolute atomic E-state index is 12.0. The second-order valence-corrected chi connectivity index (χ2v) is 5.28. The van der Waals surface area contributed by atoms with E-state index in [4.69, 9.17) is 23.7 Å². The molecule has 146 valence electrons. The van der Waals surface area contributed by atoms with Crippen molar-refractivity contribution in [3.05, 3.63) is 0 Å². The Bertz CT molecular complexity index is 584. The van der Waals surface area contributed by atoms with Gasteiger partial charge in [0, 0.05) is 27.7 Å². The molecular formula is C15H20O11. The standard InChI is InChI=1S/C15H20O11/c1-6(16)22-10-11(23-7(2)17)13(24-8(3)18)15(25-9(4)19)26-12(10)14(20)21-5/h10-13,15H,1-5H3/t10-,11-,12+,13-,15+/m0/s1. The van der Waals surface area contributed by atoms with Crippen molar-refractivity contribution in [3.8, 4) is 0 Å². The number of carbonyl (C=O) groups is 5. The van der Waals surface area contributed by atoms with Crippen LogP contribution in [0.3, 0.4) is 0 Å². The van der Waals surface area contributed by atoms with Crippen molar-refractivity contribution in [2.45, 2.75) is 58.4 Å². The topological polar surface area (TPSA) is 141 Å². The molecule has 0 saturated carbocycles. The molecule has 1 aliphatic heterocycles. The van der Waals surface area contributed by atoms with Gasteiger partial charge in [-0.3, -0.25) is 19.2 Å². The molecule has 0 aromatic rings. The lowest BCUT2D eigenvalue weighted by atomic mass is 9.97. The SMILES string of the molecule is COC(=O)[C@@H]1O[C@@H](OC(C)=O)[C@@H](OC(C)=O)[C@@H](OC(C)=O)[C@@H]1OC(C)=O. The largest absolute Gasteiger partial charge is 0.467 e. The Hall–Kier alpha value is -2.69. The average Bonchev–Trinajstić information content (AvgIpc) is 2.50. The first-order valence-electron chi connectivity index (χ1n) is 7.49. The summed E-state index contributed by atoms with van der Waals surface area (Å²) in [4.78, 5) is 57.7. The minimum absolute atomic E-state index is 0.814. The zero-order valence-corrected chi connectivity index (χ0v) is 14.9. The highest BCUT2D eigenvalue weighted by molar-refractivity contribution is 5.77. The highest BCUT2D eigenvalue weighted by atomic mass is 16.7. The zero-order valence-electron chi connectivity index (χ0n) is 14.9. The molecule has 1 heterocycles. The molecule has 0 aromatic carbocycles. The number of hydrogen-bond acceptors (Lipinski definition) is 11. The highest BCUT2D eigenvalue weighted by Crippen LogP contribution is 2.30. The van der Waals surface area contributed by atoms with Gasteiger partial charge in [-0.15, -0.1) is 0 Å². The summed E-state index contributed by atoms with van der Waals surface area (Å²) >= 11 is 0. The molecule has 1 rings (SSSR count). The van der Waals surface area contributed by atoms with E-state index in [-0.39, 0.29) is 0 Å². The molecule has 1 aliphatic rings. The van der Waals surface area contributed by atoms with Gasteiger partial charge in [-0.2, -0.15) is 0 Å². The van der Waals surface area contributed by atoms with Crippen LogP contribution in [0.2, 0.25) is 0 Å². The maximum Gasteiger partial charge on any atom is 0.339 e. The van der Waals surface area contributed by atoms with Crippen LogP contribution in [-0.2, 0) is 52.4 Å². The third-order valence-electron chi connectivity index (χ3n) is 3.12. The fourth-order valence-corrected chi connectivity index (χ4v) is 2.34. The van der Waals surface area contributed by atoms with Crippen LogP contribution in [0.25, 0.3) is 0 Å². The molecule has 11 heteroatoms. The van der Waals surface area contributed by atoms with Gasteiger partial charge in [-0.1, -0.05) is 0 Å². The van der Waals surface area contributed by atoms with E-state index in [9.17, 15) is 24.0 Å². The molecule has 0 unspecified atom stereocenters. The molecule has 0 bridgehead atoms. The monoisotopic (exact) mass is 376 g/mol. The Morgan fingerprint density at radius 3 is 1.50 bits per heavy atom. The molecule has 0 aromatic heterocycles. The summed E-state index contributed by atoms with van der Waals surface area (Å²) in [5.74, 6) is -4.25. The summed E-state index contributed by atoms with van der Waals surface area (Å²) in [5.41, 5.74) is 0. The summed E-state index contributed by atoms with van der Waals surface area (Å²) in [5, 5.41) is 0. The summed E-state index contributed by atoms with van der Waals surface area (Å²) in [6, 6.07) is 0. The lowest BCUT2D eigenvalue weighted by Gasteiger charge is -2.42. The van der Waals surface area contributed by atoms with Crippen molar-refractivity contribution < 1.29 is 52.4 Å². The van der Waals surface area contributed by atoms with Crippen LogP contribution in [0.4, 0.5) is 0 Å². The third-order valence-corrected chi connectivity index (χ3v) is 3.12. The summed E-state index contributed by atoms with van der Waals surface area (Å²) in [6.45, 7) is 4.22.